The topological polar surface area (TPSA) is 57.6 Å². The molecule has 106 valence electrons. The fourth-order valence-electron chi connectivity index (χ4n) is 3.47. The van der Waals surface area contributed by atoms with Crippen LogP contribution in [0.3, 0.4) is 0 Å². The van der Waals surface area contributed by atoms with Gasteiger partial charge in [-0.3, -0.25) is 14.5 Å². The predicted molar refractivity (Wildman–Crippen MR) is 73.8 cm³/mol. The fourth-order valence-corrected chi connectivity index (χ4v) is 3.47. The van der Waals surface area contributed by atoms with Crippen LogP contribution in [0.5, 0.6) is 5.75 Å². The van der Waals surface area contributed by atoms with Gasteiger partial charge in [-0.2, -0.15) is 0 Å². The van der Waals surface area contributed by atoms with Crippen molar-refractivity contribution in [2.24, 2.45) is 5.41 Å². The number of nitrogens with zero attached hydrogens (tertiary/aromatic N) is 1. The minimum absolute atomic E-state index is 0.0420. The number of carbonyl (C=O) groups excluding carboxylic acids is 2. The van der Waals surface area contributed by atoms with E-state index in [2.05, 4.69) is 0 Å². The Morgan fingerprint density at radius 3 is 2.10 bits per heavy atom. The number of rotatable bonds is 2. The number of benzene rings is 1. The first-order valence-corrected chi connectivity index (χ1v) is 7.19. The zero-order chi connectivity index (χ0) is 14.2. The van der Waals surface area contributed by atoms with Crippen molar-refractivity contribution in [2.75, 3.05) is 0 Å². The Morgan fingerprint density at radius 1 is 1.00 bits per heavy atom. The number of imide groups is 1. The van der Waals surface area contributed by atoms with Crippen LogP contribution in [0.2, 0.25) is 0 Å². The average molecular weight is 273 g/mol. The third-order valence-corrected chi connectivity index (χ3v) is 4.60. The molecule has 3 rings (SSSR count). The SMILES string of the molecule is O=C1CC2(CCCC2)CC(=O)N1Cc1ccc(O)cc1. The Balaban J connectivity index is 1.73. The van der Waals surface area contributed by atoms with Gasteiger partial charge < -0.3 is 5.11 Å². The minimum atomic E-state index is -0.0452. The van der Waals surface area contributed by atoms with E-state index in [1.165, 1.54) is 4.90 Å². The Hall–Kier alpha value is -1.84. The normalized spacial score (nSPS) is 21.7. The van der Waals surface area contributed by atoms with E-state index in [4.69, 9.17) is 0 Å². The zero-order valence-corrected chi connectivity index (χ0v) is 11.5. The van der Waals surface area contributed by atoms with E-state index in [0.29, 0.717) is 19.4 Å². The maximum Gasteiger partial charge on any atom is 0.230 e. The molecule has 0 unspecified atom stereocenters. The van der Waals surface area contributed by atoms with Crippen molar-refractivity contribution in [1.82, 2.24) is 4.90 Å². The van der Waals surface area contributed by atoms with Gasteiger partial charge in [-0.15, -0.1) is 0 Å². The van der Waals surface area contributed by atoms with Crippen LogP contribution in [0.1, 0.15) is 44.1 Å². The smallest absolute Gasteiger partial charge is 0.230 e. The number of amides is 2. The van der Waals surface area contributed by atoms with Crippen LogP contribution >= 0.6 is 0 Å². The van der Waals surface area contributed by atoms with Gasteiger partial charge in [0.25, 0.3) is 0 Å². The summed E-state index contributed by atoms with van der Waals surface area (Å²) < 4.78 is 0. The molecular formula is C16H19NO3. The molecule has 1 heterocycles. The number of piperidine rings is 1. The van der Waals surface area contributed by atoms with E-state index in [1.54, 1.807) is 24.3 Å². The molecule has 0 atom stereocenters. The highest BCUT2D eigenvalue weighted by molar-refractivity contribution is 5.98. The number of likely N-dealkylation sites (tertiary alicyclic amines) is 1. The zero-order valence-electron chi connectivity index (χ0n) is 11.5. The first kappa shape index (κ1) is 13.2. The molecule has 4 nitrogen and oxygen atoms in total. The van der Waals surface area contributed by atoms with Gasteiger partial charge in [-0.1, -0.05) is 25.0 Å². The molecule has 1 saturated carbocycles. The van der Waals surface area contributed by atoms with Crippen LogP contribution in [0, 0.1) is 5.41 Å². The summed E-state index contributed by atoms with van der Waals surface area (Å²) in [5.74, 6) is 0.0994. The molecule has 4 heteroatoms. The molecule has 0 aromatic heterocycles. The quantitative estimate of drug-likeness (QED) is 0.843. The lowest BCUT2D eigenvalue weighted by molar-refractivity contribution is -0.154. The molecule has 1 aromatic carbocycles. The van der Waals surface area contributed by atoms with Gasteiger partial charge >= 0.3 is 0 Å². The summed E-state index contributed by atoms with van der Waals surface area (Å²) in [6.45, 7) is 0.314. The summed E-state index contributed by atoms with van der Waals surface area (Å²) in [4.78, 5) is 26.0. The van der Waals surface area contributed by atoms with Crippen molar-refractivity contribution < 1.29 is 14.7 Å². The second kappa shape index (κ2) is 4.93. The van der Waals surface area contributed by atoms with Crippen molar-refractivity contribution in [1.29, 1.82) is 0 Å². The lowest BCUT2D eigenvalue weighted by atomic mass is 9.76. The number of hydrogen-bond donors (Lipinski definition) is 1. The first-order chi connectivity index (χ1) is 9.58. The lowest BCUT2D eigenvalue weighted by Gasteiger charge is -2.37. The Morgan fingerprint density at radius 2 is 1.55 bits per heavy atom. The molecule has 1 N–H and O–H groups in total. The summed E-state index contributed by atoms with van der Waals surface area (Å²) >= 11 is 0. The third kappa shape index (κ3) is 2.42. The molecule has 1 spiro atoms. The van der Waals surface area contributed by atoms with Gasteiger partial charge in [0.15, 0.2) is 0 Å². The number of aromatic hydroxyl groups is 1. The van der Waals surface area contributed by atoms with Crippen molar-refractivity contribution in [3.63, 3.8) is 0 Å². The highest BCUT2D eigenvalue weighted by Gasteiger charge is 2.44. The molecule has 20 heavy (non-hydrogen) atoms. The van der Waals surface area contributed by atoms with Gasteiger partial charge in [0.2, 0.25) is 11.8 Å². The van der Waals surface area contributed by atoms with Crippen molar-refractivity contribution in [2.45, 2.75) is 45.1 Å². The fraction of sp³-hybridized carbons (Fsp3) is 0.500. The molecule has 0 bridgehead atoms. The van der Waals surface area contributed by atoms with Crippen molar-refractivity contribution in [3.05, 3.63) is 29.8 Å². The third-order valence-electron chi connectivity index (χ3n) is 4.60. The van der Waals surface area contributed by atoms with Gasteiger partial charge in [-0.25, -0.2) is 0 Å². The number of carbonyl (C=O) groups is 2. The molecular weight excluding hydrogens is 254 g/mol. The van der Waals surface area contributed by atoms with Gasteiger partial charge in [0.1, 0.15) is 5.75 Å². The summed E-state index contributed by atoms with van der Waals surface area (Å²) in [7, 11) is 0. The second-order valence-electron chi connectivity index (χ2n) is 6.10. The number of hydrogen-bond acceptors (Lipinski definition) is 3. The standard InChI is InChI=1S/C16H19NO3/c18-13-5-3-12(4-6-13)11-17-14(19)9-16(10-15(17)20)7-1-2-8-16/h3-6,18H,1-2,7-11H2. The van der Waals surface area contributed by atoms with Crippen LogP contribution in [0.15, 0.2) is 24.3 Å². The van der Waals surface area contributed by atoms with Crippen LogP contribution in [0.4, 0.5) is 0 Å². The maximum absolute atomic E-state index is 12.3. The van der Waals surface area contributed by atoms with E-state index >= 15 is 0 Å². The molecule has 2 fully saturated rings. The first-order valence-electron chi connectivity index (χ1n) is 7.19. The molecule has 2 aliphatic rings. The molecule has 1 aliphatic carbocycles. The summed E-state index contributed by atoms with van der Waals surface area (Å²) in [6, 6.07) is 6.64. The van der Waals surface area contributed by atoms with Gasteiger partial charge in [0.05, 0.1) is 6.54 Å². The predicted octanol–water partition coefficient (Wildman–Crippen LogP) is 2.60. The molecule has 1 aliphatic heterocycles. The van der Waals surface area contributed by atoms with E-state index < -0.39 is 0 Å². The average Bonchev–Trinajstić information content (AvgIpc) is 2.84. The van der Waals surface area contributed by atoms with E-state index in [9.17, 15) is 14.7 Å². The second-order valence-corrected chi connectivity index (χ2v) is 6.10. The molecule has 1 aromatic rings. The minimum Gasteiger partial charge on any atom is -0.508 e. The highest BCUT2D eigenvalue weighted by atomic mass is 16.3. The van der Waals surface area contributed by atoms with E-state index in [0.717, 1.165) is 31.2 Å². The van der Waals surface area contributed by atoms with Crippen LogP contribution in [-0.2, 0) is 16.1 Å². The lowest BCUT2D eigenvalue weighted by Crippen LogP contribution is -2.46. The Kier molecular flexibility index (Phi) is 3.24. The summed E-state index contributed by atoms with van der Waals surface area (Å²) in [6.07, 6.45) is 5.32. The van der Waals surface area contributed by atoms with Crippen LogP contribution in [0.25, 0.3) is 0 Å². The van der Waals surface area contributed by atoms with Crippen LogP contribution in [-0.4, -0.2) is 21.8 Å². The van der Waals surface area contributed by atoms with E-state index in [1.807, 2.05) is 0 Å². The highest BCUT2D eigenvalue weighted by Crippen LogP contribution is 2.47. The van der Waals surface area contributed by atoms with E-state index in [-0.39, 0.29) is 23.0 Å². The Bertz CT molecular complexity index is 509. The van der Waals surface area contributed by atoms with Crippen LogP contribution < -0.4 is 0 Å². The molecule has 2 amide bonds. The molecule has 0 radical (unpaired) electrons. The largest absolute Gasteiger partial charge is 0.508 e. The Labute approximate surface area is 118 Å². The number of phenols is 1. The van der Waals surface area contributed by atoms with Crippen molar-refractivity contribution >= 4 is 11.8 Å². The maximum atomic E-state index is 12.3. The summed E-state index contributed by atoms with van der Waals surface area (Å²) in [5.41, 5.74) is 0.825. The monoisotopic (exact) mass is 273 g/mol. The summed E-state index contributed by atoms with van der Waals surface area (Å²) in [5, 5.41) is 9.26. The van der Waals surface area contributed by atoms with Crippen molar-refractivity contribution in [3.8, 4) is 5.75 Å². The number of phenolic OH excluding ortho intramolecular Hbond substituents is 1. The van der Waals surface area contributed by atoms with Gasteiger partial charge in [0, 0.05) is 12.8 Å². The van der Waals surface area contributed by atoms with Gasteiger partial charge in [-0.05, 0) is 36.0 Å². The molecule has 1 saturated heterocycles.